The molecule has 114 valence electrons. The van der Waals surface area contributed by atoms with Gasteiger partial charge in [-0.2, -0.15) is 4.31 Å². The summed E-state index contributed by atoms with van der Waals surface area (Å²) >= 11 is 10.7. The normalized spacial score (nSPS) is 12.0. The number of nitrogens with zero attached hydrogens (tertiary/aromatic N) is 1. The zero-order valence-corrected chi connectivity index (χ0v) is 15.6. The zero-order chi connectivity index (χ0) is 15.6. The first-order valence-electron chi connectivity index (χ1n) is 6.35. The fourth-order valence-electron chi connectivity index (χ4n) is 2.03. The van der Waals surface area contributed by atoms with Crippen LogP contribution in [0.4, 0.5) is 0 Å². The van der Waals surface area contributed by atoms with Gasteiger partial charge >= 0.3 is 0 Å². The van der Waals surface area contributed by atoms with Gasteiger partial charge in [0.15, 0.2) is 0 Å². The summed E-state index contributed by atoms with van der Waals surface area (Å²) in [6.45, 7) is 4.36. The molecule has 2 aromatic rings. The van der Waals surface area contributed by atoms with Crippen LogP contribution >= 0.6 is 38.9 Å². The van der Waals surface area contributed by atoms with Crippen LogP contribution in [-0.4, -0.2) is 19.3 Å². The van der Waals surface area contributed by atoms with Gasteiger partial charge in [-0.25, -0.2) is 8.42 Å². The van der Waals surface area contributed by atoms with Crippen LogP contribution in [0.5, 0.6) is 0 Å². The van der Waals surface area contributed by atoms with Crippen LogP contribution in [0.25, 0.3) is 0 Å². The third-order valence-corrected chi connectivity index (χ3v) is 7.03. The summed E-state index contributed by atoms with van der Waals surface area (Å²) in [6.07, 6.45) is 0. The molecular weight excluding hydrogens is 394 g/mol. The monoisotopic (exact) mass is 407 g/mol. The van der Waals surface area contributed by atoms with Crippen molar-refractivity contribution in [1.29, 1.82) is 0 Å². The van der Waals surface area contributed by atoms with Gasteiger partial charge in [-0.1, -0.05) is 30.7 Å². The van der Waals surface area contributed by atoms with Crippen LogP contribution in [0, 0.1) is 6.92 Å². The Kier molecular flexibility index (Phi) is 5.48. The number of rotatable bonds is 5. The van der Waals surface area contributed by atoms with E-state index in [-0.39, 0.29) is 0 Å². The van der Waals surface area contributed by atoms with E-state index >= 15 is 0 Å². The van der Waals surface area contributed by atoms with E-state index in [2.05, 4.69) is 15.9 Å². The third-order valence-electron chi connectivity index (χ3n) is 3.06. The fourth-order valence-corrected chi connectivity index (χ4v) is 6.06. The van der Waals surface area contributed by atoms with Crippen LogP contribution in [0.3, 0.4) is 0 Å². The number of benzene rings is 1. The Hall–Kier alpha value is -0.400. The van der Waals surface area contributed by atoms with E-state index in [0.717, 1.165) is 14.2 Å². The molecule has 3 nitrogen and oxygen atoms in total. The van der Waals surface area contributed by atoms with Gasteiger partial charge in [-0.05, 0) is 46.6 Å². The summed E-state index contributed by atoms with van der Waals surface area (Å²) in [5.41, 5.74) is 0.875. The van der Waals surface area contributed by atoms with Crippen molar-refractivity contribution in [3.05, 3.63) is 49.6 Å². The van der Waals surface area contributed by atoms with E-state index in [4.69, 9.17) is 11.6 Å². The van der Waals surface area contributed by atoms with Crippen molar-refractivity contribution in [2.24, 2.45) is 0 Å². The molecule has 1 aromatic carbocycles. The lowest BCUT2D eigenvalue weighted by molar-refractivity contribution is 0.423. The second-order valence-electron chi connectivity index (χ2n) is 4.53. The minimum atomic E-state index is -3.50. The zero-order valence-electron chi connectivity index (χ0n) is 11.6. The van der Waals surface area contributed by atoms with Gasteiger partial charge in [0.1, 0.15) is 0 Å². The molecule has 0 fully saturated rings. The molecule has 0 saturated carbocycles. The average Bonchev–Trinajstić information content (AvgIpc) is 2.75. The van der Waals surface area contributed by atoms with Crippen LogP contribution in [-0.2, 0) is 16.6 Å². The Balaban J connectivity index is 2.34. The van der Waals surface area contributed by atoms with Crippen molar-refractivity contribution >= 4 is 48.9 Å². The molecule has 7 heteroatoms. The lowest BCUT2D eigenvalue weighted by Crippen LogP contribution is -2.30. The molecule has 0 unspecified atom stereocenters. The van der Waals surface area contributed by atoms with Crippen molar-refractivity contribution in [2.45, 2.75) is 25.3 Å². The van der Waals surface area contributed by atoms with Gasteiger partial charge in [0.25, 0.3) is 0 Å². The molecule has 0 atom stereocenters. The van der Waals surface area contributed by atoms with Crippen molar-refractivity contribution < 1.29 is 8.42 Å². The van der Waals surface area contributed by atoms with E-state index in [9.17, 15) is 8.42 Å². The molecule has 1 heterocycles. The number of aryl methyl sites for hydroxylation is 1. The topological polar surface area (TPSA) is 37.4 Å². The summed E-state index contributed by atoms with van der Waals surface area (Å²) in [6, 6.07) is 8.92. The number of sulfonamides is 1. The molecule has 0 bridgehead atoms. The SMILES string of the molecule is CCN(Cc1cccc(Cl)c1)S(=O)(=O)c1cc(Br)sc1C. The van der Waals surface area contributed by atoms with E-state index in [1.807, 2.05) is 26.0 Å². The van der Waals surface area contributed by atoms with Gasteiger partial charge in [0, 0.05) is 23.0 Å². The van der Waals surface area contributed by atoms with E-state index in [0.29, 0.717) is 23.0 Å². The maximum Gasteiger partial charge on any atom is 0.244 e. The molecule has 0 saturated heterocycles. The lowest BCUT2D eigenvalue weighted by Gasteiger charge is -2.20. The van der Waals surface area contributed by atoms with Crippen molar-refractivity contribution in [2.75, 3.05) is 6.54 Å². The Morgan fingerprint density at radius 1 is 1.33 bits per heavy atom. The highest BCUT2D eigenvalue weighted by molar-refractivity contribution is 9.11. The van der Waals surface area contributed by atoms with Crippen molar-refractivity contribution in [1.82, 2.24) is 4.31 Å². The first-order chi connectivity index (χ1) is 9.84. The van der Waals surface area contributed by atoms with Gasteiger partial charge in [0.05, 0.1) is 8.68 Å². The minimum absolute atomic E-state index is 0.312. The van der Waals surface area contributed by atoms with Gasteiger partial charge in [-0.15, -0.1) is 11.3 Å². The highest BCUT2D eigenvalue weighted by atomic mass is 79.9. The standard InChI is InChI=1S/C14H15BrClNO2S2/c1-3-17(9-11-5-4-6-12(16)7-11)21(18,19)13-8-14(15)20-10(13)2/h4-8H,3,9H2,1-2H3. The second-order valence-corrected chi connectivity index (χ2v) is 9.51. The maximum absolute atomic E-state index is 12.8. The predicted octanol–water partition coefficient (Wildman–Crippen LogP) is 4.68. The highest BCUT2D eigenvalue weighted by Gasteiger charge is 2.26. The molecule has 0 aliphatic rings. The molecule has 0 amide bonds. The average molecular weight is 409 g/mol. The predicted molar refractivity (Wildman–Crippen MR) is 91.5 cm³/mol. The van der Waals surface area contributed by atoms with E-state index < -0.39 is 10.0 Å². The Bertz CT molecular complexity index is 743. The number of thiophene rings is 1. The summed E-state index contributed by atoms with van der Waals surface area (Å²) < 4.78 is 27.8. The molecule has 0 aliphatic heterocycles. The number of halogens is 2. The van der Waals surface area contributed by atoms with Crippen molar-refractivity contribution in [3.63, 3.8) is 0 Å². The maximum atomic E-state index is 12.8. The lowest BCUT2D eigenvalue weighted by atomic mass is 10.2. The quantitative estimate of drug-likeness (QED) is 0.720. The van der Waals surface area contributed by atoms with E-state index in [1.54, 1.807) is 18.2 Å². The van der Waals surface area contributed by atoms with Gasteiger partial charge in [0.2, 0.25) is 10.0 Å². The summed E-state index contributed by atoms with van der Waals surface area (Å²) in [7, 11) is -3.50. The Labute approximate surface area is 142 Å². The molecule has 21 heavy (non-hydrogen) atoms. The van der Waals surface area contributed by atoms with Gasteiger partial charge < -0.3 is 0 Å². The highest BCUT2D eigenvalue weighted by Crippen LogP contribution is 2.32. The van der Waals surface area contributed by atoms with Crippen molar-refractivity contribution in [3.8, 4) is 0 Å². The molecule has 0 aliphatic carbocycles. The summed E-state index contributed by atoms with van der Waals surface area (Å²) in [5, 5.41) is 0.607. The molecular formula is C14H15BrClNO2S2. The van der Waals surface area contributed by atoms with Crippen LogP contribution < -0.4 is 0 Å². The Morgan fingerprint density at radius 2 is 2.05 bits per heavy atom. The molecule has 0 N–H and O–H groups in total. The molecule has 1 aromatic heterocycles. The minimum Gasteiger partial charge on any atom is -0.207 e. The molecule has 0 spiro atoms. The van der Waals surface area contributed by atoms with Gasteiger partial charge in [-0.3, -0.25) is 0 Å². The molecule has 2 rings (SSSR count). The largest absolute Gasteiger partial charge is 0.244 e. The summed E-state index contributed by atoms with van der Waals surface area (Å²) in [5.74, 6) is 0. The van der Waals surface area contributed by atoms with Crippen LogP contribution in [0.2, 0.25) is 5.02 Å². The number of hydrogen-bond acceptors (Lipinski definition) is 3. The third kappa shape index (κ3) is 3.87. The van der Waals surface area contributed by atoms with Crippen LogP contribution in [0.15, 0.2) is 39.0 Å². The smallest absolute Gasteiger partial charge is 0.207 e. The Morgan fingerprint density at radius 3 is 2.57 bits per heavy atom. The molecule has 0 radical (unpaired) electrons. The first kappa shape index (κ1) is 17.0. The summed E-state index contributed by atoms with van der Waals surface area (Å²) in [4.78, 5) is 1.15. The second kappa shape index (κ2) is 6.79. The number of hydrogen-bond donors (Lipinski definition) is 0. The van der Waals surface area contributed by atoms with E-state index in [1.165, 1.54) is 15.6 Å². The first-order valence-corrected chi connectivity index (χ1v) is 9.78. The van der Waals surface area contributed by atoms with Crippen LogP contribution in [0.1, 0.15) is 17.4 Å². The fraction of sp³-hybridized carbons (Fsp3) is 0.286.